The Labute approximate surface area is 76.3 Å². The summed E-state index contributed by atoms with van der Waals surface area (Å²) in [5.41, 5.74) is 2.00. The molecule has 0 aliphatic carbocycles. The molecule has 0 spiro atoms. The molecule has 10 heavy (non-hydrogen) atoms. The first kappa shape index (κ1) is 8.14. The molecule has 0 radical (unpaired) electrons. The summed E-state index contributed by atoms with van der Waals surface area (Å²) in [4.78, 5) is 8.26. The molecule has 2 nitrogen and oxygen atoms in total. The Morgan fingerprint density at radius 1 is 1.00 bits per heavy atom. The van der Waals surface area contributed by atoms with Gasteiger partial charge in [-0.15, -0.1) is 0 Å². The molecule has 0 aromatic carbocycles. The van der Waals surface area contributed by atoms with E-state index in [0.29, 0.717) is 0 Å². The van der Waals surface area contributed by atoms with Gasteiger partial charge in [0.25, 0.3) is 0 Å². The van der Waals surface area contributed by atoms with E-state index in [9.17, 15) is 0 Å². The van der Waals surface area contributed by atoms with Crippen molar-refractivity contribution < 1.29 is 0 Å². The third-order valence-corrected chi connectivity index (χ3v) is 2.18. The van der Waals surface area contributed by atoms with E-state index >= 15 is 0 Å². The van der Waals surface area contributed by atoms with Crippen LogP contribution in [-0.4, -0.2) is 9.97 Å². The molecule has 0 fully saturated rings. The molecule has 54 valence electrons. The van der Waals surface area contributed by atoms with Gasteiger partial charge in [-0.3, -0.25) is 9.97 Å². The van der Waals surface area contributed by atoms with Crippen LogP contribution >= 0.6 is 31.9 Å². The van der Waals surface area contributed by atoms with Gasteiger partial charge in [0.2, 0.25) is 0 Å². The fourth-order valence-corrected chi connectivity index (χ4v) is 1.56. The Morgan fingerprint density at radius 2 is 1.40 bits per heavy atom. The van der Waals surface area contributed by atoms with Gasteiger partial charge in [-0.25, -0.2) is 0 Å². The summed E-state index contributed by atoms with van der Waals surface area (Å²) in [6, 6.07) is 0. The molecule has 0 atom stereocenters. The zero-order valence-corrected chi connectivity index (χ0v) is 8.39. The van der Waals surface area contributed by atoms with Crippen LogP contribution in [0.5, 0.6) is 0 Å². The van der Waals surface area contributed by atoms with Gasteiger partial charge in [-0.2, -0.15) is 0 Å². The number of alkyl halides is 2. The van der Waals surface area contributed by atoms with Crippen LogP contribution < -0.4 is 0 Å². The fraction of sp³-hybridized carbons (Fsp3) is 0.333. The molecule has 0 aliphatic rings. The van der Waals surface area contributed by atoms with Crippen LogP contribution in [0.25, 0.3) is 0 Å². The molecule has 0 aliphatic heterocycles. The molecule has 0 unspecified atom stereocenters. The van der Waals surface area contributed by atoms with Crippen LogP contribution in [0.15, 0.2) is 12.4 Å². The lowest BCUT2D eigenvalue weighted by Crippen LogP contribution is -1.94. The van der Waals surface area contributed by atoms with Gasteiger partial charge in [0.15, 0.2) is 0 Å². The first-order chi connectivity index (χ1) is 4.88. The van der Waals surface area contributed by atoms with E-state index in [2.05, 4.69) is 41.8 Å². The molecule has 1 heterocycles. The summed E-state index contributed by atoms with van der Waals surface area (Å²) in [6.45, 7) is 0. The largest absolute Gasteiger partial charge is 0.257 e. The van der Waals surface area contributed by atoms with E-state index in [1.807, 2.05) is 0 Å². The minimum atomic E-state index is 0.766. The van der Waals surface area contributed by atoms with Crippen LogP contribution in [0.3, 0.4) is 0 Å². The molecular weight excluding hydrogens is 260 g/mol. The third-order valence-electron chi connectivity index (χ3n) is 1.11. The van der Waals surface area contributed by atoms with Crippen LogP contribution in [0.1, 0.15) is 11.4 Å². The smallest absolute Gasteiger partial charge is 0.0732 e. The zero-order chi connectivity index (χ0) is 7.40. The van der Waals surface area contributed by atoms with Crippen molar-refractivity contribution in [3.8, 4) is 0 Å². The van der Waals surface area contributed by atoms with Crippen molar-refractivity contribution in [2.24, 2.45) is 0 Å². The number of nitrogens with zero attached hydrogens (tertiary/aromatic N) is 2. The van der Waals surface area contributed by atoms with Gasteiger partial charge in [0.1, 0.15) is 0 Å². The second-order valence-electron chi connectivity index (χ2n) is 1.72. The predicted molar refractivity (Wildman–Crippen MR) is 47.3 cm³/mol. The molecular formula is C6H6Br2N2. The van der Waals surface area contributed by atoms with E-state index in [1.54, 1.807) is 12.4 Å². The molecule has 1 aromatic heterocycles. The Hall–Kier alpha value is 0.0400. The van der Waals surface area contributed by atoms with Crippen LogP contribution in [-0.2, 0) is 10.7 Å². The molecule has 1 rings (SSSR count). The molecule has 0 saturated heterocycles. The van der Waals surface area contributed by atoms with Crippen molar-refractivity contribution in [1.29, 1.82) is 0 Å². The molecule has 0 amide bonds. The summed E-state index contributed by atoms with van der Waals surface area (Å²) in [5, 5.41) is 1.53. The third kappa shape index (κ3) is 1.76. The van der Waals surface area contributed by atoms with Crippen molar-refractivity contribution >= 4 is 31.9 Å². The number of halogens is 2. The first-order valence-electron chi connectivity index (χ1n) is 2.79. The summed E-state index contributed by atoms with van der Waals surface area (Å²) in [5.74, 6) is 0. The second-order valence-corrected chi connectivity index (χ2v) is 2.84. The Kier molecular flexibility index (Phi) is 3.28. The SMILES string of the molecule is BrCc1nccnc1CBr. The van der Waals surface area contributed by atoms with Gasteiger partial charge in [0.05, 0.1) is 11.4 Å². The normalized spacial score (nSPS) is 9.80. The first-order valence-corrected chi connectivity index (χ1v) is 5.03. The number of aromatic nitrogens is 2. The number of hydrogen-bond donors (Lipinski definition) is 0. The Morgan fingerprint density at radius 3 is 1.70 bits per heavy atom. The standard InChI is InChI=1S/C6H6Br2N2/c7-3-5-6(4-8)10-2-1-9-5/h1-2H,3-4H2. The van der Waals surface area contributed by atoms with Gasteiger partial charge in [0, 0.05) is 23.1 Å². The quantitative estimate of drug-likeness (QED) is 0.767. The number of hydrogen-bond acceptors (Lipinski definition) is 2. The highest BCUT2D eigenvalue weighted by Gasteiger charge is 1.99. The highest BCUT2D eigenvalue weighted by Crippen LogP contribution is 2.09. The van der Waals surface area contributed by atoms with E-state index in [1.165, 1.54) is 0 Å². The average Bonchev–Trinajstić information content (AvgIpc) is 2.04. The van der Waals surface area contributed by atoms with Crippen molar-refractivity contribution in [1.82, 2.24) is 9.97 Å². The Balaban J connectivity index is 2.96. The monoisotopic (exact) mass is 264 g/mol. The predicted octanol–water partition coefficient (Wildman–Crippen LogP) is 2.27. The van der Waals surface area contributed by atoms with Crippen LogP contribution in [0.4, 0.5) is 0 Å². The van der Waals surface area contributed by atoms with E-state index in [-0.39, 0.29) is 0 Å². The lowest BCUT2D eigenvalue weighted by molar-refractivity contribution is 1.03. The fourth-order valence-electron chi connectivity index (χ4n) is 0.619. The van der Waals surface area contributed by atoms with Crippen LogP contribution in [0.2, 0.25) is 0 Å². The van der Waals surface area contributed by atoms with Gasteiger partial charge in [-0.05, 0) is 0 Å². The van der Waals surface area contributed by atoms with Crippen molar-refractivity contribution in [2.45, 2.75) is 10.7 Å². The number of rotatable bonds is 2. The molecule has 0 saturated carbocycles. The maximum Gasteiger partial charge on any atom is 0.0732 e. The summed E-state index contributed by atoms with van der Waals surface area (Å²) in [6.07, 6.45) is 3.39. The maximum absolute atomic E-state index is 4.13. The van der Waals surface area contributed by atoms with Crippen molar-refractivity contribution in [2.75, 3.05) is 0 Å². The van der Waals surface area contributed by atoms with E-state index in [4.69, 9.17) is 0 Å². The minimum Gasteiger partial charge on any atom is -0.257 e. The average molecular weight is 266 g/mol. The highest BCUT2D eigenvalue weighted by atomic mass is 79.9. The summed E-state index contributed by atoms with van der Waals surface area (Å²) >= 11 is 6.65. The topological polar surface area (TPSA) is 25.8 Å². The lowest BCUT2D eigenvalue weighted by atomic mass is 10.4. The van der Waals surface area contributed by atoms with E-state index in [0.717, 1.165) is 22.0 Å². The van der Waals surface area contributed by atoms with E-state index < -0.39 is 0 Å². The van der Waals surface area contributed by atoms with Gasteiger partial charge in [-0.1, -0.05) is 31.9 Å². The second kappa shape index (κ2) is 4.03. The van der Waals surface area contributed by atoms with Gasteiger partial charge < -0.3 is 0 Å². The van der Waals surface area contributed by atoms with Crippen LogP contribution in [0, 0.1) is 0 Å². The van der Waals surface area contributed by atoms with Gasteiger partial charge >= 0.3 is 0 Å². The highest BCUT2D eigenvalue weighted by molar-refractivity contribution is 9.09. The molecule has 0 N–H and O–H groups in total. The summed E-state index contributed by atoms with van der Waals surface area (Å²) in [7, 11) is 0. The lowest BCUT2D eigenvalue weighted by Gasteiger charge is -1.98. The minimum absolute atomic E-state index is 0.766. The molecule has 4 heteroatoms. The summed E-state index contributed by atoms with van der Waals surface area (Å²) < 4.78 is 0. The molecule has 0 bridgehead atoms. The Bertz CT molecular complexity index is 192. The zero-order valence-electron chi connectivity index (χ0n) is 5.22. The molecule has 1 aromatic rings. The van der Waals surface area contributed by atoms with Crippen molar-refractivity contribution in [3.63, 3.8) is 0 Å². The van der Waals surface area contributed by atoms with Crippen molar-refractivity contribution in [3.05, 3.63) is 23.8 Å². The maximum atomic E-state index is 4.13.